The van der Waals surface area contributed by atoms with Gasteiger partial charge in [0.25, 0.3) is 5.91 Å². The monoisotopic (exact) mass is 379 g/mol. The second-order valence-corrected chi connectivity index (χ2v) is 8.03. The summed E-state index contributed by atoms with van der Waals surface area (Å²) in [5.41, 5.74) is 5.59. The van der Waals surface area contributed by atoms with Crippen molar-refractivity contribution in [3.63, 3.8) is 0 Å². The molecule has 2 fully saturated rings. The molecule has 3 heterocycles. The van der Waals surface area contributed by atoms with Crippen LogP contribution in [0.1, 0.15) is 51.6 Å². The first-order valence-corrected chi connectivity index (χ1v) is 10.1. The lowest BCUT2D eigenvalue weighted by Gasteiger charge is -2.40. The number of benzene rings is 1. The van der Waals surface area contributed by atoms with Crippen LogP contribution in [-0.2, 0) is 0 Å². The van der Waals surface area contributed by atoms with Gasteiger partial charge in [0.15, 0.2) is 0 Å². The Morgan fingerprint density at radius 3 is 2.61 bits per heavy atom. The fourth-order valence-electron chi connectivity index (χ4n) is 4.75. The van der Waals surface area contributed by atoms with Gasteiger partial charge in [-0.25, -0.2) is 0 Å². The maximum atomic E-state index is 12.9. The van der Waals surface area contributed by atoms with Crippen LogP contribution in [0, 0.1) is 20.8 Å². The van der Waals surface area contributed by atoms with Crippen molar-refractivity contribution in [1.82, 2.24) is 14.8 Å². The average molecular weight is 380 g/mol. The van der Waals surface area contributed by atoms with Crippen molar-refractivity contribution in [1.29, 1.82) is 0 Å². The highest BCUT2D eigenvalue weighted by Crippen LogP contribution is 2.41. The second kappa shape index (κ2) is 7.55. The molecule has 2 aliphatic heterocycles. The summed E-state index contributed by atoms with van der Waals surface area (Å²) in [6.07, 6.45) is 3.97. The normalized spacial score (nSPS) is 22.2. The van der Waals surface area contributed by atoms with E-state index in [1.54, 1.807) is 13.3 Å². The Kier molecular flexibility index (Phi) is 5.11. The van der Waals surface area contributed by atoms with Crippen LogP contribution < -0.4 is 4.74 Å². The van der Waals surface area contributed by atoms with Gasteiger partial charge >= 0.3 is 0 Å². The molecule has 0 radical (unpaired) electrons. The van der Waals surface area contributed by atoms with Crippen molar-refractivity contribution in [3.8, 4) is 5.75 Å². The topological polar surface area (TPSA) is 45.7 Å². The van der Waals surface area contributed by atoms with E-state index in [-0.39, 0.29) is 5.91 Å². The molecular weight excluding hydrogens is 350 g/mol. The number of ether oxygens (including phenoxy) is 1. The van der Waals surface area contributed by atoms with E-state index in [1.165, 1.54) is 16.7 Å². The molecule has 1 aromatic carbocycles. The summed E-state index contributed by atoms with van der Waals surface area (Å²) < 4.78 is 5.48. The van der Waals surface area contributed by atoms with Gasteiger partial charge in [0.2, 0.25) is 0 Å². The van der Waals surface area contributed by atoms with Crippen LogP contribution in [0.25, 0.3) is 0 Å². The number of aromatic nitrogens is 1. The van der Waals surface area contributed by atoms with Crippen LogP contribution in [0.15, 0.2) is 30.5 Å². The Morgan fingerprint density at radius 1 is 1.07 bits per heavy atom. The van der Waals surface area contributed by atoms with Crippen LogP contribution in [0.4, 0.5) is 0 Å². The summed E-state index contributed by atoms with van der Waals surface area (Å²) in [5.74, 6) is 1.06. The molecule has 2 atom stereocenters. The Bertz CT molecular complexity index is 878. The van der Waals surface area contributed by atoms with Crippen LogP contribution in [0.5, 0.6) is 5.75 Å². The third kappa shape index (κ3) is 3.28. The zero-order valence-electron chi connectivity index (χ0n) is 17.2. The van der Waals surface area contributed by atoms with E-state index in [4.69, 9.17) is 4.74 Å². The number of methoxy groups -OCH3 is 1. The molecule has 1 amide bonds. The Hall–Kier alpha value is -2.40. The highest BCUT2D eigenvalue weighted by atomic mass is 16.5. The van der Waals surface area contributed by atoms with Crippen LogP contribution in [0.3, 0.4) is 0 Å². The number of piperazine rings is 1. The molecule has 0 bridgehead atoms. The lowest BCUT2D eigenvalue weighted by atomic mass is 9.95. The molecule has 0 N–H and O–H groups in total. The highest BCUT2D eigenvalue weighted by molar-refractivity contribution is 5.94. The molecule has 4 rings (SSSR count). The summed E-state index contributed by atoms with van der Waals surface area (Å²) in [7, 11) is 1.73. The van der Waals surface area contributed by atoms with Gasteiger partial charge in [0.1, 0.15) is 5.75 Å². The minimum absolute atomic E-state index is 0.104. The Morgan fingerprint density at radius 2 is 1.89 bits per heavy atom. The van der Waals surface area contributed by atoms with E-state index in [1.807, 2.05) is 24.0 Å². The number of fused-ring (bicyclic) bond motifs is 1. The fraction of sp³-hybridized carbons (Fsp3) is 0.478. The van der Waals surface area contributed by atoms with E-state index < -0.39 is 0 Å². The zero-order chi connectivity index (χ0) is 19.8. The van der Waals surface area contributed by atoms with Gasteiger partial charge < -0.3 is 9.64 Å². The van der Waals surface area contributed by atoms with Crippen LogP contribution >= 0.6 is 0 Å². The lowest BCUT2D eigenvalue weighted by molar-refractivity contribution is 0.0497. The second-order valence-electron chi connectivity index (χ2n) is 8.03. The molecule has 0 spiro atoms. The van der Waals surface area contributed by atoms with Gasteiger partial charge in [-0.2, -0.15) is 0 Å². The minimum atomic E-state index is 0.104. The van der Waals surface area contributed by atoms with E-state index in [2.05, 4.69) is 35.9 Å². The Balaban J connectivity index is 1.49. The number of aryl methyl sites for hydroxylation is 1. The maximum Gasteiger partial charge on any atom is 0.255 e. The summed E-state index contributed by atoms with van der Waals surface area (Å²) in [5, 5.41) is 0. The van der Waals surface area contributed by atoms with E-state index in [0.29, 0.717) is 17.6 Å². The molecule has 2 saturated heterocycles. The fourth-order valence-corrected chi connectivity index (χ4v) is 4.75. The number of carbonyl (C=O) groups excluding carboxylic acids is 1. The maximum absolute atomic E-state index is 12.9. The SMILES string of the molecule is COc1ccc([C@H]2CC[C@H]3CN(C(=O)c4ccc(C)nc4)CCN32)c(C)c1C. The molecular formula is C23H29N3O2. The first-order valence-electron chi connectivity index (χ1n) is 10.1. The zero-order valence-corrected chi connectivity index (χ0v) is 17.2. The molecule has 0 saturated carbocycles. The number of hydrogen-bond donors (Lipinski definition) is 0. The van der Waals surface area contributed by atoms with Crippen molar-refractivity contribution in [2.75, 3.05) is 26.7 Å². The van der Waals surface area contributed by atoms with Crippen molar-refractivity contribution < 1.29 is 9.53 Å². The van der Waals surface area contributed by atoms with Crippen LogP contribution in [0.2, 0.25) is 0 Å². The minimum Gasteiger partial charge on any atom is -0.496 e. The average Bonchev–Trinajstić information content (AvgIpc) is 3.13. The quantitative estimate of drug-likeness (QED) is 0.816. The predicted molar refractivity (Wildman–Crippen MR) is 110 cm³/mol. The molecule has 0 unspecified atom stereocenters. The molecule has 2 aliphatic rings. The summed E-state index contributed by atoms with van der Waals surface area (Å²) >= 11 is 0. The van der Waals surface area contributed by atoms with E-state index in [9.17, 15) is 4.79 Å². The molecule has 0 aliphatic carbocycles. The van der Waals surface area contributed by atoms with Crippen LogP contribution in [-0.4, -0.2) is 53.5 Å². The first-order chi connectivity index (χ1) is 13.5. The third-order valence-corrected chi connectivity index (χ3v) is 6.51. The number of hydrogen-bond acceptors (Lipinski definition) is 4. The molecule has 1 aromatic heterocycles. The molecule has 2 aromatic rings. The van der Waals surface area contributed by atoms with Gasteiger partial charge in [0.05, 0.1) is 12.7 Å². The number of amides is 1. The number of rotatable bonds is 3. The number of nitrogens with zero attached hydrogens (tertiary/aromatic N) is 3. The molecule has 5 heteroatoms. The summed E-state index contributed by atoms with van der Waals surface area (Å²) in [4.78, 5) is 21.8. The van der Waals surface area contributed by atoms with E-state index >= 15 is 0 Å². The van der Waals surface area contributed by atoms with Gasteiger partial charge in [0, 0.05) is 43.6 Å². The lowest BCUT2D eigenvalue weighted by Crippen LogP contribution is -2.52. The van der Waals surface area contributed by atoms with Gasteiger partial charge in [-0.1, -0.05) is 6.07 Å². The van der Waals surface area contributed by atoms with Gasteiger partial charge in [-0.05, 0) is 68.5 Å². The largest absolute Gasteiger partial charge is 0.496 e. The smallest absolute Gasteiger partial charge is 0.255 e. The molecule has 5 nitrogen and oxygen atoms in total. The molecule has 28 heavy (non-hydrogen) atoms. The summed E-state index contributed by atoms with van der Waals surface area (Å²) in [6.45, 7) is 8.77. The molecule has 148 valence electrons. The standard InChI is InChI=1S/C23H29N3O2/c1-15-5-6-18(13-24-15)23(27)25-11-12-26-19(14-25)7-9-21(26)20-8-10-22(28-4)17(3)16(20)2/h5-6,8,10,13,19,21H,7,9,11-12,14H2,1-4H3/t19-,21+/m0/s1. The Labute approximate surface area is 167 Å². The van der Waals surface area contributed by atoms with E-state index in [0.717, 1.165) is 43.9 Å². The number of carbonyl (C=O) groups is 1. The summed E-state index contributed by atoms with van der Waals surface area (Å²) in [6, 6.07) is 8.98. The van der Waals surface area contributed by atoms with Crippen molar-refractivity contribution in [3.05, 3.63) is 58.4 Å². The van der Waals surface area contributed by atoms with Crippen molar-refractivity contribution in [2.45, 2.75) is 45.7 Å². The third-order valence-electron chi connectivity index (χ3n) is 6.51. The highest BCUT2D eigenvalue weighted by Gasteiger charge is 2.40. The van der Waals surface area contributed by atoms with Gasteiger partial charge in [-0.3, -0.25) is 14.7 Å². The number of pyridine rings is 1. The first kappa shape index (κ1) is 18.9. The van der Waals surface area contributed by atoms with Crippen molar-refractivity contribution in [2.24, 2.45) is 0 Å². The predicted octanol–water partition coefficient (Wildman–Crippen LogP) is 3.68. The van der Waals surface area contributed by atoms with Gasteiger partial charge in [-0.15, -0.1) is 0 Å². The van der Waals surface area contributed by atoms with Crippen molar-refractivity contribution >= 4 is 5.91 Å².